The van der Waals surface area contributed by atoms with E-state index in [1.807, 2.05) is 33.0 Å². The quantitative estimate of drug-likeness (QED) is 0.581. The number of hydrogen-bond donors (Lipinski definition) is 1. The Morgan fingerprint density at radius 2 is 1.65 bits per heavy atom. The van der Waals surface area contributed by atoms with E-state index in [4.69, 9.17) is 0 Å². The number of nitrogens with one attached hydrogen (secondary N) is 1. The van der Waals surface area contributed by atoms with Crippen molar-refractivity contribution in [1.29, 1.82) is 0 Å². The van der Waals surface area contributed by atoms with Gasteiger partial charge in [0.05, 0.1) is 11.9 Å². The minimum atomic E-state index is -0.243. The smallest absolute Gasteiger partial charge is 0.271 e. The summed E-state index contributed by atoms with van der Waals surface area (Å²) in [5, 5.41) is 8.40. The summed E-state index contributed by atoms with van der Waals surface area (Å²) in [5.41, 5.74) is 9.29. The first kappa shape index (κ1) is 17.7. The van der Waals surface area contributed by atoms with Crippen LogP contribution < -0.4 is 5.43 Å². The largest absolute Gasteiger partial charge is 0.319 e. The van der Waals surface area contributed by atoms with Crippen molar-refractivity contribution in [3.05, 3.63) is 70.3 Å². The van der Waals surface area contributed by atoms with Crippen LogP contribution in [0.5, 0.6) is 0 Å². The average Bonchev–Trinajstić information content (AvgIpc) is 3.07. The second kappa shape index (κ2) is 7.00. The van der Waals surface area contributed by atoms with Crippen LogP contribution in [0.1, 0.15) is 38.7 Å². The van der Waals surface area contributed by atoms with Crippen molar-refractivity contribution < 1.29 is 4.79 Å². The van der Waals surface area contributed by atoms with Gasteiger partial charge in [0.1, 0.15) is 0 Å². The Balaban J connectivity index is 1.72. The number of aryl methyl sites for hydroxylation is 4. The van der Waals surface area contributed by atoms with Crippen molar-refractivity contribution in [3.63, 3.8) is 0 Å². The standard InChI is InChI=1S/C20H23N5O/c1-13-6-7-14(2)25(13)18-10-8-17(9-11-18)20(26)22-21-12-19-15(3)23-24(5)16(19)4/h6-12H,1-5H3,(H,22,26)/b21-12+. The van der Waals surface area contributed by atoms with E-state index in [1.165, 1.54) is 0 Å². The summed E-state index contributed by atoms with van der Waals surface area (Å²) >= 11 is 0. The van der Waals surface area contributed by atoms with Crippen molar-refractivity contribution in [2.45, 2.75) is 27.7 Å². The second-order valence-electron chi connectivity index (χ2n) is 6.41. The molecule has 2 heterocycles. The highest BCUT2D eigenvalue weighted by Crippen LogP contribution is 2.17. The Kier molecular flexibility index (Phi) is 4.75. The molecular formula is C20H23N5O. The van der Waals surface area contributed by atoms with Gasteiger partial charge in [0.25, 0.3) is 5.91 Å². The fourth-order valence-electron chi connectivity index (χ4n) is 3.03. The van der Waals surface area contributed by atoms with Crippen molar-refractivity contribution in [3.8, 4) is 5.69 Å². The van der Waals surface area contributed by atoms with E-state index in [0.29, 0.717) is 5.56 Å². The molecule has 0 fully saturated rings. The third-order valence-corrected chi connectivity index (χ3v) is 4.58. The topological polar surface area (TPSA) is 64.2 Å². The van der Waals surface area contributed by atoms with Crippen LogP contribution in [-0.2, 0) is 7.05 Å². The van der Waals surface area contributed by atoms with Gasteiger partial charge in [-0.15, -0.1) is 0 Å². The third kappa shape index (κ3) is 3.31. The van der Waals surface area contributed by atoms with E-state index in [2.05, 4.69) is 46.2 Å². The summed E-state index contributed by atoms with van der Waals surface area (Å²) in [7, 11) is 1.88. The zero-order chi connectivity index (χ0) is 18.8. The Morgan fingerprint density at radius 3 is 2.19 bits per heavy atom. The van der Waals surface area contributed by atoms with E-state index in [-0.39, 0.29) is 5.91 Å². The van der Waals surface area contributed by atoms with E-state index in [1.54, 1.807) is 23.0 Å². The lowest BCUT2D eigenvalue weighted by Crippen LogP contribution is -2.17. The van der Waals surface area contributed by atoms with Crippen LogP contribution in [0.3, 0.4) is 0 Å². The van der Waals surface area contributed by atoms with Crippen LogP contribution in [0.4, 0.5) is 0 Å². The highest BCUT2D eigenvalue weighted by atomic mass is 16.2. The fourth-order valence-corrected chi connectivity index (χ4v) is 3.03. The normalized spacial score (nSPS) is 11.3. The summed E-state index contributed by atoms with van der Waals surface area (Å²) in [5.74, 6) is -0.243. The highest BCUT2D eigenvalue weighted by Gasteiger charge is 2.09. The molecule has 0 saturated heterocycles. The van der Waals surface area contributed by atoms with Crippen LogP contribution in [0.2, 0.25) is 0 Å². The van der Waals surface area contributed by atoms with Gasteiger partial charge in [-0.3, -0.25) is 9.48 Å². The predicted molar refractivity (Wildman–Crippen MR) is 103 cm³/mol. The Hall–Kier alpha value is -3.15. The number of aromatic nitrogens is 3. The van der Waals surface area contributed by atoms with Gasteiger partial charge in [-0.1, -0.05) is 0 Å². The number of carbonyl (C=O) groups excluding carboxylic acids is 1. The first-order chi connectivity index (χ1) is 12.4. The monoisotopic (exact) mass is 349 g/mol. The maximum absolute atomic E-state index is 12.3. The lowest BCUT2D eigenvalue weighted by Gasteiger charge is -2.10. The number of nitrogens with zero attached hydrogens (tertiary/aromatic N) is 4. The minimum absolute atomic E-state index is 0.243. The number of hydrazone groups is 1. The van der Waals surface area contributed by atoms with Gasteiger partial charge in [0.15, 0.2) is 0 Å². The van der Waals surface area contributed by atoms with Crippen molar-refractivity contribution in [1.82, 2.24) is 19.8 Å². The molecule has 0 saturated carbocycles. The lowest BCUT2D eigenvalue weighted by atomic mass is 10.2. The van der Waals surface area contributed by atoms with Crippen molar-refractivity contribution in [2.75, 3.05) is 0 Å². The molecule has 0 spiro atoms. The van der Waals surface area contributed by atoms with E-state index < -0.39 is 0 Å². The molecule has 0 aliphatic carbocycles. The summed E-state index contributed by atoms with van der Waals surface area (Å²) < 4.78 is 3.94. The highest BCUT2D eigenvalue weighted by molar-refractivity contribution is 5.95. The molecule has 1 N–H and O–H groups in total. The molecule has 6 heteroatoms. The molecule has 0 unspecified atom stereocenters. The van der Waals surface area contributed by atoms with Crippen molar-refractivity contribution >= 4 is 12.1 Å². The van der Waals surface area contributed by atoms with Gasteiger partial charge in [0, 0.05) is 40.9 Å². The summed E-state index contributed by atoms with van der Waals surface area (Å²) in [6, 6.07) is 11.6. The molecule has 134 valence electrons. The molecule has 0 bridgehead atoms. The first-order valence-electron chi connectivity index (χ1n) is 8.47. The van der Waals surface area contributed by atoms with E-state index in [9.17, 15) is 4.79 Å². The minimum Gasteiger partial charge on any atom is -0.319 e. The number of rotatable bonds is 4. The SMILES string of the molecule is Cc1nn(C)c(C)c1/C=N/NC(=O)c1ccc(-n2c(C)ccc2C)cc1. The van der Waals surface area contributed by atoms with Crippen molar-refractivity contribution in [2.24, 2.45) is 12.1 Å². The molecule has 3 aromatic rings. The number of carbonyl (C=O) groups is 1. The Labute approximate surface area is 153 Å². The van der Waals surface area contributed by atoms with Crippen LogP contribution >= 0.6 is 0 Å². The van der Waals surface area contributed by atoms with Gasteiger partial charge < -0.3 is 4.57 Å². The zero-order valence-corrected chi connectivity index (χ0v) is 15.7. The number of amides is 1. The second-order valence-corrected chi connectivity index (χ2v) is 6.41. The van der Waals surface area contributed by atoms with Gasteiger partial charge in [-0.2, -0.15) is 10.2 Å². The average molecular weight is 349 g/mol. The molecule has 2 aromatic heterocycles. The molecular weight excluding hydrogens is 326 g/mol. The number of hydrogen-bond acceptors (Lipinski definition) is 3. The Bertz CT molecular complexity index is 957. The third-order valence-electron chi connectivity index (χ3n) is 4.58. The van der Waals surface area contributed by atoms with E-state index in [0.717, 1.165) is 34.0 Å². The number of benzene rings is 1. The summed E-state index contributed by atoms with van der Waals surface area (Å²) in [6.45, 7) is 8.00. The lowest BCUT2D eigenvalue weighted by molar-refractivity contribution is 0.0955. The maximum Gasteiger partial charge on any atom is 0.271 e. The Morgan fingerprint density at radius 1 is 1.04 bits per heavy atom. The van der Waals surface area contributed by atoms with Crippen LogP contribution in [0.25, 0.3) is 5.69 Å². The molecule has 26 heavy (non-hydrogen) atoms. The first-order valence-corrected chi connectivity index (χ1v) is 8.47. The maximum atomic E-state index is 12.3. The van der Waals surface area contributed by atoms with Gasteiger partial charge in [0.2, 0.25) is 0 Å². The zero-order valence-electron chi connectivity index (χ0n) is 15.7. The molecule has 1 aromatic carbocycles. The van der Waals surface area contributed by atoms with Crippen LogP contribution in [-0.4, -0.2) is 26.5 Å². The molecule has 6 nitrogen and oxygen atoms in total. The molecule has 0 radical (unpaired) electrons. The summed E-state index contributed by atoms with van der Waals surface area (Å²) in [6.07, 6.45) is 1.64. The van der Waals surface area contributed by atoms with Gasteiger partial charge in [-0.05, 0) is 64.1 Å². The van der Waals surface area contributed by atoms with Gasteiger partial charge >= 0.3 is 0 Å². The molecule has 3 rings (SSSR count). The van der Waals surface area contributed by atoms with Crippen LogP contribution in [0, 0.1) is 27.7 Å². The van der Waals surface area contributed by atoms with Gasteiger partial charge in [-0.25, -0.2) is 5.43 Å². The molecule has 1 amide bonds. The summed E-state index contributed by atoms with van der Waals surface area (Å²) in [4.78, 5) is 12.3. The van der Waals surface area contributed by atoms with Crippen LogP contribution in [0.15, 0.2) is 41.5 Å². The molecule has 0 aliphatic heterocycles. The predicted octanol–water partition coefficient (Wildman–Crippen LogP) is 3.21. The van der Waals surface area contributed by atoms with E-state index >= 15 is 0 Å². The molecule has 0 atom stereocenters. The fraction of sp³-hybridized carbons (Fsp3) is 0.250. The molecule has 0 aliphatic rings.